The Hall–Kier alpha value is 0.576. The molecule has 0 aromatic heterocycles. The Balaban J connectivity index is 0. The summed E-state index contributed by atoms with van der Waals surface area (Å²) in [5, 5.41) is 0. The van der Waals surface area contributed by atoms with Gasteiger partial charge < -0.3 is 14.4 Å². The first-order chi connectivity index (χ1) is 2.56. The SMILES string of the molecule is NOP(=O)([O-])[O-].[Co+2]. The Labute approximate surface area is 50.2 Å². The smallest absolute Gasteiger partial charge is 0.788 e. The Kier molecular flexibility index (Phi) is 5.36. The summed E-state index contributed by atoms with van der Waals surface area (Å²) in [4.78, 5) is 18.2. The van der Waals surface area contributed by atoms with E-state index in [1.807, 2.05) is 0 Å². The molecule has 0 saturated heterocycles. The van der Waals surface area contributed by atoms with Crippen LogP contribution in [-0.4, -0.2) is 0 Å². The summed E-state index contributed by atoms with van der Waals surface area (Å²) in [6.07, 6.45) is 0. The van der Waals surface area contributed by atoms with E-state index in [0.717, 1.165) is 0 Å². The largest absolute Gasteiger partial charge is 2.00 e. The third kappa shape index (κ3) is 10.8. The molecule has 0 rings (SSSR count). The van der Waals surface area contributed by atoms with Crippen LogP contribution in [0, 0.1) is 0 Å². The van der Waals surface area contributed by atoms with Crippen LogP contribution in [0.25, 0.3) is 0 Å². The van der Waals surface area contributed by atoms with Gasteiger partial charge in [-0.15, -0.1) is 0 Å². The molecule has 7 heavy (non-hydrogen) atoms. The molecule has 0 atom stereocenters. The van der Waals surface area contributed by atoms with E-state index in [4.69, 9.17) is 14.4 Å². The van der Waals surface area contributed by atoms with Crippen LogP contribution in [0.2, 0.25) is 0 Å². The average molecular weight is 170 g/mol. The average Bonchev–Trinajstić information content (AvgIpc) is 1.35. The molecule has 0 spiro atoms. The van der Waals surface area contributed by atoms with E-state index in [-0.39, 0.29) is 16.8 Å². The second kappa shape index (κ2) is 3.56. The van der Waals surface area contributed by atoms with Gasteiger partial charge in [0.15, 0.2) is 0 Å². The molecular formula is H2CoNO4P. The van der Waals surface area contributed by atoms with Crippen molar-refractivity contribution in [3.05, 3.63) is 0 Å². The summed E-state index contributed by atoms with van der Waals surface area (Å²) in [6.45, 7) is 0. The van der Waals surface area contributed by atoms with Crippen LogP contribution < -0.4 is 15.7 Å². The van der Waals surface area contributed by atoms with E-state index >= 15 is 0 Å². The normalized spacial score (nSPS) is 10.1. The zero-order valence-corrected chi connectivity index (χ0v) is 4.93. The molecular weight excluding hydrogens is 168 g/mol. The van der Waals surface area contributed by atoms with Gasteiger partial charge in [0.1, 0.15) is 0 Å². The minimum absolute atomic E-state index is 0. The maximum atomic E-state index is 9.12. The van der Waals surface area contributed by atoms with Crippen molar-refractivity contribution >= 4 is 7.82 Å². The maximum Gasteiger partial charge on any atom is 2.00 e. The van der Waals surface area contributed by atoms with E-state index in [0.29, 0.717) is 0 Å². The van der Waals surface area contributed by atoms with Gasteiger partial charge in [-0.2, -0.15) is 0 Å². The first-order valence-corrected chi connectivity index (χ1v) is 2.43. The zero-order valence-electron chi connectivity index (χ0n) is 2.99. The van der Waals surface area contributed by atoms with E-state index in [9.17, 15) is 0 Å². The predicted molar refractivity (Wildman–Crippen MR) is 12.9 cm³/mol. The van der Waals surface area contributed by atoms with E-state index in [2.05, 4.69) is 10.5 Å². The van der Waals surface area contributed by atoms with Gasteiger partial charge in [0.05, 0.1) is 7.82 Å². The fourth-order valence-electron chi connectivity index (χ4n) is 0. The first-order valence-electron chi connectivity index (χ1n) is 0.966. The third-order valence-corrected chi connectivity index (χ3v) is 0.387. The monoisotopic (exact) mass is 170 g/mol. The molecule has 0 aliphatic rings. The fraction of sp³-hybridized carbons (Fsp3) is 0. The van der Waals surface area contributed by atoms with E-state index in [1.54, 1.807) is 0 Å². The summed E-state index contributed by atoms with van der Waals surface area (Å²) in [6, 6.07) is 0. The van der Waals surface area contributed by atoms with Crippen molar-refractivity contribution in [2.75, 3.05) is 0 Å². The number of rotatable bonds is 1. The van der Waals surface area contributed by atoms with Gasteiger partial charge in [0, 0.05) is 0 Å². The van der Waals surface area contributed by atoms with Crippen LogP contribution in [0.4, 0.5) is 0 Å². The predicted octanol–water partition coefficient (Wildman–Crippen LogP) is -2.30. The quantitative estimate of drug-likeness (QED) is 0.352. The third-order valence-electron chi connectivity index (χ3n) is 0.129. The molecule has 0 bridgehead atoms. The summed E-state index contributed by atoms with van der Waals surface area (Å²) >= 11 is 0. The van der Waals surface area contributed by atoms with Crippen LogP contribution in [0.5, 0.6) is 0 Å². The Morgan fingerprint density at radius 2 is 1.71 bits per heavy atom. The number of hydrogen-bond donors (Lipinski definition) is 1. The Bertz CT molecular complexity index is 75.8. The van der Waals surface area contributed by atoms with Crippen LogP contribution in [0.15, 0.2) is 0 Å². The minimum atomic E-state index is -4.87. The molecule has 0 fully saturated rings. The molecule has 0 aliphatic carbocycles. The van der Waals surface area contributed by atoms with Crippen molar-refractivity contribution in [3.8, 4) is 0 Å². The van der Waals surface area contributed by atoms with Gasteiger partial charge >= 0.3 is 16.8 Å². The second-order valence-electron chi connectivity index (χ2n) is 0.553. The van der Waals surface area contributed by atoms with Gasteiger partial charge in [-0.25, -0.2) is 5.90 Å². The van der Waals surface area contributed by atoms with Gasteiger partial charge in [-0.1, -0.05) is 0 Å². The van der Waals surface area contributed by atoms with Crippen molar-refractivity contribution < 1.29 is 35.8 Å². The molecule has 7 heteroatoms. The van der Waals surface area contributed by atoms with Crippen LogP contribution in [0.3, 0.4) is 0 Å². The molecule has 2 N–H and O–H groups in total. The topological polar surface area (TPSA) is 98.4 Å². The van der Waals surface area contributed by atoms with Crippen molar-refractivity contribution in [3.63, 3.8) is 0 Å². The molecule has 5 nitrogen and oxygen atoms in total. The van der Waals surface area contributed by atoms with Gasteiger partial charge in [-0.3, -0.25) is 4.62 Å². The molecule has 0 aromatic rings. The standard InChI is InChI=1S/Co.H4NO4P/c;1-5-6(2,3)4/h;1H2,(H2,2,3,4)/q+2;/p-2. The molecule has 0 heterocycles. The first kappa shape index (κ1) is 10.5. The van der Waals surface area contributed by atoms with Gasteiger partial charge in [0.25, 0.3) is 0 Å². The van der Waals surface area contributed by atoms with Crippen molar-refractivity contribution in [1.82, 2.24) is 0 Å². The summed E-state index contributed by atoms with van der Waals surface area (Å²) in [5.41, 5.74) is 0. The molecule has 0 aliphatic heterocycles. The molecule has 0 unspecified atom stereocenters. The van der Waals surface area contributed by atoms with Crippen LogP contribution in [-0.2, 0) is 26.0 Å². The van der Waals surface area contributed by atoms with Gasteiger partial charge in [0.2, 0.25) is 0 Å². The number of nitrogens with two attached hydrogens (primary N) is 1. The number of phosphoric acid groups is 1. The molecule has 0 aromatic carbocycles. The number of hydrogen-bond acceptors (Lipinski definition) is 5. The van der Waals surface area contributed by atoms with E-state index in [1.165, 1.54) is 0 Å². The minimum Gasteiger partial charge on any atom is -0.788 e. The van der Waals surface area contributed by atoms with Crippen LogP contribution in [0.1, 0.15) is 0 Å². The maximum absolute atomic E-state index is 9.12. The van der Waals surface area contributed by atoms with E-state index < -0.39 is 7.82 Å². The summed E-state index contributed by atoms with van der Waals surface area (Å²) in [7, 11) is -4.87. The second-order valence-corrected chi connectivity index (χ2v) is 1.66. The van der Waals surface area contributed by atoms with Crippen molar-refractivity contribution in [2.45, 2.75) is 0 Å². The van der Waals surface area contributed by atoms with Crippen molar-refractivity contribution in [1.29, 1.82) is 0 Å². The molecule has 1 radical (unpaired) electrons. The Morgan fingerprint density at radius 1 is 1.57 bits per heavy atom. The Morgan fingerprint density at radius 3 is 1.71 bits per heavy atom. The van der Waals surface area contributed by atoms with Crippen molar-refractivity contribution in [2.24, 2.45) is 5.90 Å². The molecule has 45 valence electrons. The molecule has 0 saturated carbocycles. The van der Waals surface area contributed by atoms with Gasteiger partial charge in [-0.05, 0) is 0 Å². The molecule has 0 amide bonds. The fourth-order valence-corrected chi connectivity index (χ4v) is 0. The summed E-state index contributed by atoms with van der Waals surface area (Å²) in [5.74, 6) is 3.92. The zero-order chi connectivity index (χ0) is 5.21. The summed E-state index contributed by atoms with van der Waals surface area (Å²) < 4.78 is 12.0. The van der Waals surface area contributed by atoms with Crippen LogP contribution >= 0.6 is 7.82 Å².